The molecule has 1 fully saturated rings. The standard InChI is InChI=1S/C15H22ClNO2S/c1-12-8-10-13(11-9-12)20(18,19)17-15-7-5-3-2-4-6-14(15)16/h8-11,14-15,17H,2-7H2,1H3/t14-,15+/m1/s1. The van der Waals surface area contributed by atoms with Crippen molar-refractivity contribution in [1.29, 1.82) is 0 Å². The molecule has 1 saturated carbocycles. The lowest BCUT2D eigenvalue weighted by Crippen LogP contribution is -2.41. The Morgan fingerprint density at radius 1 is 1.05 bits per heavy atom. The number of alkyl halides is 1. The Bertz CT molecular complexity index is 527. The van der Waals surface area contributed by atoms with Gasteiger partial charge in [0, 0.05) is 11.4 Å². The number of rotatable bonds is 3. The lowest BCUT2D eigenvalue weighted by Gasteiger charge is -2.25. The Kier molecular flexibility index (Phi) is 5.47. The second-order valence-electron chi connectivity index (χ2n) is 5.55. The summed E-state index contributed by atoms with van der Waals surface area (Å²) in [5, 5.41) is -0.115. The third kappa shape index (κ3) is 4.21. The van der Waals surface area contributed by atoms with E-state index in [-0.39, 0.29) is 11.4 Å². The first-order chi connectivity index (χ1) is 9.49. The molecule has 1 aromatic carbocycles. The molecule has 0 aromatic heterocycles. The Balaban J connectivity index is 2.11. The van der Waals surface area contributed by atoms with E-state index in [0.717, 1.165) is 37.7 Å². The zero-order valence-electron chi connectivity index (χ0n) is 11.8. The number of nitrogens with one attached hydrogen (secondary N) is 1. The maximum atomic E-state index is 12.4. The van der Waals surface area contributed by atoms with E-state index in [1.165, 1.54) is 6.42 Å². The molecule has 1 N–H and O–H groups in total. The highest BCUT2D eigenvalue weighted by Crippen LogP contribution is 2.23. The molecule has 0 amide bonds. The molecule has 0 aliphatic heterocycles. The Labute approximate surface area is 126 Å². The van der Waals surface area contributed by atoms with Gasteiger partial charge >= 0.3 is 0 Å². The molecular formula is C15H22ClNO2S. The van der Waals surface area contributed by atoms with Crippen LogP contribution in [0.15, 0.2) is 29.2 Å². The van der Waals surface area contributed by atoms with Gasteiger partial charge in [-0.3, -0.25) is 0 Å². The van der Waals surface area contributed by atoms with Crippen LogP contribution in [0.2, 0.25) is 0 Å². The van der Waals surface area contributed by atoms with Gasteiger partial charge in [-0.2, -0.15) is 0 Å². The molecule has 0 unspecified atom stereocenters. The molecule has 0 saturated heterocycles. The quantitative estimate of drug-likeness (QED) is 0.866. The SMILES string of the molecule is Cc1ccc(S(=O)(=O)N[C@H]2CCCCCC[C@H]2Cl)cc1. The molecule has 3 nitrogen and oxygen atoms in total. The molecule has 2 rings (SSSR count). The fourth-order valence-corrected chi connectivity index (χ4v) is 4.29. The van der Waals surface area contributed by atoms with Crippen LogP contribution >= 0.6 is 11.6 Å². The van der Waals surface area contributed by atoms with Gasteiger partial charge in [-0.1, -0.05) is 43.4 Å². The van der Waals surface area contributed by atoms with Gasteiger partial charge in [0.2, 0.25) is 10.0 Å². The fraction of sp³-hybridized carbons (Fsp3) is 0.600. The Hall–Kier alpha value is -0.580. The van der Waals surface area contributed by atoms with Crippen molar-refractivity contribution in [3.05, 3.63) is 29.8 Å². The summed E-state index contributed by atoms with van der Waals surface area (Å²) in [6, 6.07) is 6.74. The zero-order chi connectivity index (χ0) is 14.6. The Morgan fingerprint density at radius 2 is 1.65 bits per heavy atom. The molecule has 1 aliphatic rings. The van der Waals surface area contributed by atoms with Crippen molar-refractivity contribution in [2.75, 3.05) is 0 Å². The molecule has 0 heterocycles. The molecule has 1 aliphatic carbocycles. The monoisotopic (exact) mass is 315 g/mol. The molecule has 5 heteroatoms. The predicted octanol–water partition coefficient (Wildman–Crippen LogP) is 3.60. The first-order valence-electron chi connectivity index (χ1n) is 7.22. The van der Waals surface area contributed by atoms with Crippen molar-refractivity contribution in [3.8, 4) is 0 Å². The van der Waals surface area contributed by atoms with Crippen molar-refractivity contribution in [2.45, 2.75) is 61.8 Å². The average molecular weight is 316 g/mol. The molecule has 20 heavy (non-hydrogen) atoms. The van der Waals surface area contributed by atoms with Crippen LogP contribution in [0.1, 0.15) is 44.1 Å². The second-order valence-corrected chi connectivity index (χ2v) is 7.82. The highest BCUT2D eigenvalue weighted by atomic mass is 35.5. The van der Waals surface area contributed by atoms with Gasteiger partial charge in [0.05, 0.1) is 4.90 Å². The number of hydrogen-bond donors (Lipinski definition) is 1. The number of halogens is 1. The van der Waals surface area contributed by atoms with E-state index in [2.05, 4.69) is 4.72 Å². The minimum absolute atomic E-state index is 0.115. The van der Waals surface area contributed by atoms with E-state index >= 15 is 0 Å². The van der Waals surface area contributed by atoms with Gasteiger partial charge in [-0.15, -0.1) is 11.6 Å². The summed E-state index contributed by atoms with van der Waals surface area (Å²) in [7, 11) is -3.47. The predicted molar refractivity (Wildman–Crippen MR) is 82.6 cm³/mol. The third-order valence-corrected chi connectivity index (χ3v) is 5.85. The topological polar surface area (TPSA) is 46.2 Å². The molecule has 2 atom stereocenters. The maximum Gasteiger partial charge on any atom is 0.240 e. The fourth-order valence-electron chi connectivity index (χ4n) is 2.56. The smallest absolute Gasteiger partial charge is 0.207 e. The Morgan fingerprint density at radius 3 is 2.30 bits per heavy atom. The minimum Gasteiger partial charge on any atom is -0.207 e. The van der Waals surface area contributed by atoms with Crippen LogP contribution in [0.25, 0.3) is 0 Å². The maximum absolute atomic E-state index is 12.4. The van der Waals surface area contributed by atoms with Crippen LogP contribution in [-0.2, 0) is 10.0 Å². The van der Waals surface area contributed by atoms with Gasteiger partial charge in [0.25, 0.3) is 0 Å². The van der Waals surface area contributed by atoms with Crippen LogP contribution in [0.5, 0.6) is 0 Å². The van der Waals surface area contributed by atoms with Crippen molar-refractivity contribution >= 4 is 21.6 Å². The highest BCUT2D eigenvalue weighted by molar-refractivity contribution is 7.89. The van der Waals surface area contributed by atoms with Crippen LogP contribution in [0.4, 0.5) is 0 Å². The van der Waals surface area contributed by atoms with Gasteiger partial charge in [-0.25, -0.2) is 13.1 Å². The summed E-state index contributed by atoms with van der Waals surface area (Å²) < 4.78 is 27.6. The molecule has 0 bridgehead atoms. The van der Waals surface area contributed by atoms with Crippen molar-refractivity contribution < 1.29 is 8.42 Å². The van der Waals surface area contributed by atoms with Crippen molar-refractivity contribution in [3.63, 3.8) is 0 Å². The van der Waals surface area contributed by atoms with Gasteiger partial charge in [-0.05, 0) is 31.9 Å². The number of hydrogen-bond acceptors (Lipinski definition) is 2. The van der Waals surface area contributed by atoms with E-state index in [4.69, 9.17) is 11.6 Å². The van der Waals surface area contributed by atoms with Crippen LogP contribution in [0.3, 0.4) is 0 Å². The summed E-state index contributed by atoms with van der Waals surface area (Å²) in [4.78, 5) is 0.314. The largest absolute Gasteiger partial charge is 0.240 e. The molecule has 1 aromatic rings. The van der Waals surface area contributed by atoms with Gasteiger partial charge in [0.1, 0.15) is 0 Å². The third-order valence-electron chi connectivity index (χ3n) is 3.82. The zero-order valence-corrected chi connectivity index (χ0v) is 13.4. The second kappa shape index (κ2) is 6.92. The van der Waals surface area contributed by atoms with Crippen molar-refractivity contribution in [2.24, 2.45) is 0 Å². The van der Waals surface area contributed by atoms with Crippen molar-refractivity contribution in [1.82, 2.24) is 4.72 Å². The van der Waals surface area contributed by atoms with E-state index in [1.807, 2.05) is 19.1 Å². The van der Waals surface area contributed by atoms with Gasteiger partial charge < -0.3 is 0 Å². The van der Waals surface area contributed by atoms with E-state index < -0.39 is 10.0 Å². The summed E-state index contributed by atoms with van der Waals surface area (Å²) in [6.45, 7) is 1.94. The molecular weight excluding hydrogens is 294 g/mol. The first kappa shape index (κ1) is 15.8. The van der Waals surface area contributed by atoms with Crippen LogP contribution < -0.4 is 4.72 Å². The van der Waals surface area contributed by atoms with E-state index in [1.54, 1.807) is 12.1 Å². The van der Waals surface area contributed by atoms with Gasteiger partial charge in [0.15, 0.2) is 0 Å². The van der Waals surface area contributed by atoms with E-state index in [0.29, 0.717) is 4.90 Å². The summed E-state index contributed by atoms with van der Waals surface area (Å²) in [5.41, 5.74) is 1.05. The number of aryl methyl sites for hydroxylation is 1. The highest BCUT2D eigenvalue weighted by Gasteiger charge is 2.26. The van der Waals surface area contributed by atoms with E-state index in [9.17, 15) is 8.42 Å². The summed E-state index contributed by atoms with van der Waals surface area (Å²) in [6.07, 6.45) is 6.16. The summed E-state index contributed by atoms with van der Waals surface area (Å²) in [5.74, 6) is 0. The lowest BCUT2D eigenvalue weighted by atomic mass is 9.97. The number of benzene rings is 1. The first-order valence-corrected chi connectivity index (χ1v) is 9.14. The molecule has 0 spiro atoms. The molecule has 112 valence electrons. The van der Waals surface area contributed by atoms with Crippen LogP contribution in [-0.4, -0.2) is 19.8 Å². The summed E-state index contributed by atoms with van der Waals surface area (Å²) >= 11 is 6.35. The average Bonchev–Trinajstić information content (AvgIpc) is 2.39. The normalized spacial score (nSPS) is 24.9. The lowest BCUT2D eigenvalue weighted by molar-refractivity contribution is 0.432. The molecule has 0 radical (unpaired) electrons. The minimum atomic E-state index is -3.47. The number of sulfonamides is 1. The van der Waals surface area contributed by atoms with Crippen LogP contribution in [0, 0.1) is 6.92 Å².